The zero-order valence-corrected chi connectivity index (χ0v) is 13.4. The van der Waals surface area contributed by atoms with Gasteiger partial charge in [-0.05, 0) is 24.3 Å². The number of rotatable bonds is 4. The predicted molar refractivity (Wildman–Crippen MR) is 86.8 cm³/mol. The van der Waals surface area contributed by atoms with Gasteiger partial charge < -0.3 is 15.3 Å². The van der Waals surface area contributed by atoms with Gasteiger partial charge in [0.2, 0.25) is 5.91 Å². The molecule has 9 heteroatoms. The van der Waals surface area contributed by atoms with E-state index in [1.807, 2.05) is 0 Å². The summed E-state index contributed by atoms with van der Waals surface area (Å²) in [6.45, 7) is -0.746. The minimum atomic E-state index is -1.26. The molecule has 1 saturated heterocycles. The van der Waals surface area contributed by atoms with Gasteiger partial charge in [0, 0.05) is 11.8 Å². The molecule has 1 unspecified atom stereocenters. The zero-order valence-electron chi connectivity index (χ0n) is 13.4. The molecule has 3 rings (SSSR count). The van der Waals surface area contributed by atoms with Crippen molar-refractivity contribution in [3.63, 3.8) is 0 Å². The number of aromatic nitrogens is 1. The van der Waals surface area contributed by atoms with Crippen LogP contribution in [0.3, 0.4) is 0 Å². The smallest absolute Gasteiger partial charge is 0.326 e. The molecular formula is C17H14FN3O5. The number of carbonyl (C=O) groups is 4. The van der Waals surface area contributed by atoms with Crippen LogP contribution in [0.2, 0.25) is 0 Å². The lowest BCUT2D eigenvalue weighted by Crippen LogP contribution is -2.45. The molecule has 1 aliphatic rings. The van der Waals surface area contributed by atoms with Crippen LogP contribution in [0.25, 0.3) is 10.9 Å². The molecule has 1 atom stereocenters. The summed E-state index contributed by atoms with van der Waals surface area (Å²) in [4.78, 5) is 51.8. The van der Waals surface area contributed by atoms with E-state index in [-0.39, 0.29) is 24.4 Å². The summed E-state index contributed by atoms with van der Waals surface area (Å²) in [5.74, 6) is -3.34. The van der Waals surface area contributed by atoms with E-state index in [1.165, 1.54) is 30.3 Å². The average Bonchev–Trinajstić information content (AvgIpc) is 3.01. The molecule has 0 aliphatic carbocycles. The van der Waals surface area contributed by atoms with Crippen molar-refractivity contribution >= 4 is 34.5 Å². The molecular weight excluding hydrogens is 345 g/mol. The van der Waals surface area contributed by atoms with E-state index in [4.69, 9.17) is 5.11 Å². The highest BCUT2D eigenvalue weighted by Gasteiger charge is 2.38. The summed E-state index contributed by atoms with van der Waals surface area (Å²) in [5, 5.41) is 11.9. The predicted octanol–water partition coefficient (Wildman–Crippen LogP) is 0.358. The third-order valence-electron chi connectivity index (χ3n) is 4.03. The molecule has 2 aromatic rings. The van der Waals surface area contributed by atoms with Crippen molar-refractivity contribution in [1.82, 2.24) is 15.2 Å². The number of hydrogen-bond acceptors (Lipinski definition) is 5. The van der Waals surface area contributed by atoms with Gasteiger partial charge in [-0.1, -0.05) is 6.07 Å². The number of benzene rings is 1. The Hall–Kier alpha value is -3.36. The SMILES string of the molecule is O=C1CC(C(=O)O)N(C(=O)CNC(=O)c2ccc3cc(F)ccc3n2)C1. The number of amides is 2. The summed E-state index contributed by atoms with van der Waals surface area (Å²) < 4.78 is 13.2. The normalized spacial score (nSPS) is 16.7. The maximum atomic E-state index is 13.2. The van der Waals surface area contributed by atoms with Gasteiger partial charge in [0.05, 0.1) is 18.6 Å². The number of carboxylic acid groups (broad SMARTS) is 1. The fourth-order valence-electron chi connectivity index (χ4n) is 2.74. The summed E-state index contributed by atoms with van der Waals surface area (Å²) in [5.41, 5.74) is 0.450. The number of carbonyl (C=O) groups excluding carboxylic acids is 3. The largest absolute Gasteiger partial charge is 0.480 e. The highest BCUT2D eigenvalue weighted by Crippen LogP contribution is 2.15. The number of fused-ring (bicyclic) bond motifs is 1. The number of likely N-dealkylation sites (tertiary alicyclic amines) is 1. The first-order chi connectivity index (χ1) is 12.3. The second-order valence-corrected chi connectivity index (χ2v) is 5.83. The Morgan fingerprint density at radius 2 is 2.04 bits per heavy atom. The first-order valence-electron chi connectivity index (χ1n) is 7.73. The highest BCUT2D eigenvalue weighted by molar-refractivity contribution is 6.00. The zero-order chi connectivity index (χ0) is 18.8. The Morgan fingerprint density at radius 3 is 2.77 bits per heavy atom. The summed E-state index contributed by atoms with van der Waals surface area (Å²) in [7, 11) is 0. The van der Waals surface area contributed by atoms with Gasteiger partial charge in [0.25, 0.3) is 5.91 Å². The van der Waals surface area contributed by atoms with Crippen molar-refractivity contribution in [2.75, 3.05) is 13.1 Å². The molecule has 0 spiro atoms. The molecule has 0 saturated carbocycles. The summed E-state index contributed by atoms with van der Waals surface area (Å²) in [6.07, 6.45) is -0.238. The molecule has 0 bridgehead atoms. The number of carboxylic acids is 1. The van der Waals surface area contributed by atoms with Gasteiger partial charge in [0.15, 0.2) is 5.78 Å². The molecule has 2 N–H and O–H groups in total. The van der Waals surface area contributed by atoms with Crippen molar-refractivity contribution in [2.45, 2.75) is 12.5 Å². The Morgan fingerprint density at radius 1 is 1.27 bits per heavy atom. The van der Waals surface area contributed by atoms with Gasteiger partial charge in [-0.3, -0.25) is 14.4 Å². The highest BCUT2D eigenvalue weighted by atomic mass is 19.1. The summed E-state index contributed by atoms with van der Waals surface area (Å²) >= 11 is 0. The molecule has 26 heavy (non-hydrogen) atoms. The van der Waals surface area contributed by atoms with Crippen LogP contribution in [0.4, 0.5) is 4.39 Å². The van der Waals surface area contributed by atoms with Gasteiger partial charge in [-0.2, -0.15) is 0 Å². The lowest BCUT2D eigenvalue weighted by molar-refractivity contribution is -0.147. The quantitative estimate of drug-likeness (QED) is 0.814. The van der Waals surface area contributed by atoms with Crippen molar-refractivity contribution in [3.8, 4) is 0 Å². The molecule has 8 nitrogen and oxygen atoms in total. The third kappa shape index (κ3) is 3.51. The van der Waals surface area contributed by atoms with Crippen molar-refractivity contribution in [2.24, 2.45) is 0 Å². The van der Waals surface area contributed by atoms with Crippen molar-refractivity contribution in [3.05, 3.63) is 41.8 Å². The number of aliphatic carboxylic acids is 1. The van der Waals surface area contributed by atoms with Crippen LogP contribution in [0.5, 0.6) is 0 Å². The maximum Gasteiger partial charge on any atom is 0.326 e. The van der Waals surface area contributed by atoms with Crippen molar-refractivity contribution < 1.29 is 28.7 Å². The number of hydrogen-bond donors (Lipinski definition) is 2. The van der Waals surface area contributed by atoms with E-state index in [0.717, 1.165) is 4.90 Å². The molecule has 1 aromatic heterocycles. The number of Topliss-reactive ketones (excluding diaryl/α,β-unsaturated/α-hetero) is 1. The number of pyridine rings is 1. The van der Waals surface area contributed by atoms with E-state index in [0.29, 0.717) is 10.9 Å². The monoisotopic (exact) mass is 359 g/mol. The van der Waals surface area contributed by atoms with E-state index in [2.05, 4.69) is 10.3 Å². The molecule has 2 heterocycles. The Kier molecular flexibility index (Phi) is 4.61. The van der Waals surface area contributed by atoms with Crippen molar-refractivity contribution in [1.29, 1.82) is 0 Å². The Bertz CT molecular complexity index is 930. The van der Waals surface area contributed by atoms with Crippen LogP contribution in [0.1, 0.15) is 16.9 Å². The van der Waals surface area contributed by atoms with Gasteiger partial charge in [0.1, 0.15) is 17.6 Å². The van der Waals surface area contributed by atoms with E-state index in [9.17, 15) is 23.6 Å². The van der Waals surface area contributed by atoms with E-state index in [1.54, 1.807) is 0 Å². The van der Waals surface area contributed by atoms with E-state index >= 15 is 0 Å². The molecule has 0 radical (unpaired) electrons. The minimum absolute atomic E-state index is 0.0317. The third-order valence-corrected chi connectivity index (χ3v) is 4.03. The second-order valence-electron chi connectivity index (χ2n) is 5.83. The van der Waals surface area contributed by atoms with Crippen LogP contribution >= 0.6 is 0 Å². The van der Waals surface area contributed by atoms with Crippen LogP contribution in [0, 0.1) is 5.82 Å². The molecule has 1 fully saturated rings. The number of nitrogens with zero attached hydrogens (tertiary/aromatic N) is 2. The summed E-state index contributed by atoms with van der Waals surface area (Å²) in [6, 6.07) is 5.64. The first kappa shape index (κ1) is 17.5. The van der Waals surface area contributed by atoms with Gasteiger partial charge in [-0.15, -0.1) is 0 Å². The average molecular weight is 359 g/mol. The maximum absolute atomic E-state index is 13.2. The minimum Gasteiger partial charge on any atom is -0.480 e. The molecule has 2 amide bonds. The van der Waals surface area contributed by atoms with Gasteiger partial charge in [-0.25, -0.2) is 14.2 Å². The first-order valence-corrected chi connectivity index (χ1v) is 7.73. The number of halogens is 1. The fraction of sp³-hybridized carbons (Fsp3) is 0.235. The molecule has 1 aromatic carbocycles. The van der Waals surface area contributed by atoms with E-state index < -0.39 is 36.2 Å². The Balaban J connectivity index is 1.66. The van der Waals surface area contributed by atoms with Gasteiger partial charge >= 0.3 is 5.97 Å². The molecule has 1 aliphatic heterocycles. The number of nitrogens with one attached hydrogen (secondary N) is 1. The van der Waals surface area contributed by atoms with Crippen LogP contribution in [-0.4, -0.2) is 57.7 Å². The lowest BCUT2D eigenvalue weighted by atomic mass is 10.2. The van der Waals surface area contributed by atoms with Crippen LogP contribution in [0.15, 0.2) is 30.3 Å². The number of ketones is 1. The topological polar surface area (TPSA) is 117 Å². The van der Waals surface area contributed by atoms with Crippen LogP contribution in [-0.2, 0) is 14.4 Å². The standard InChI is InChI=1S/C17H14FN3O5/c18-10-2-4-12-9(5-10)1-3-13(20-12)16(24)19-7-15(23)21-8-11(22)6-14(21)17(25)26/h1-5,14H,6-8H2,(H,19,24)(H,25,26). The lowest BCUT2D eigenvalue weighted by Gasteiger charge is -2.20. The Labute approximate surface area is 146 Å². The van der Waals surface area contributed by atoms with Crippen LogP contribution < -0.4 is 5.32 Å². The second kappa shape index (κ2) is 6.87. The fourth-order valence-corrected chi connectivity index (χ4v) is 2.74. The molecule has 134 valence electrons.